The van der Waals surface area contributed by atoms with Crippen LogP contribution < -0.4 is 0 Å². The maximum absolute atomic E-state index is 12.6. The molecule has 2 saturated heterocycles. The molecule has 0 amide bonds. The van der Waals surface area contributed by atoms with Gasteiger partial charge >= 0.3 is 0 Å². The first-order chi connectivity index (χ1) is 12.1. The largest absolute Gasteiger partial charge is 0.371 e. The van der Waals surface area contributed by atoms with Crippen molar-refractivity contribution in [1.82, 2.24) is 9.29 Å². The lowest BCUT2D eigenvalue weighted by atomic mass is 9.95. The van der Waals surface area contributed by atoms with Crippen LogP contribution in [0.25, 0.3) is 0 Å². The van der Waals surface area contributed by atoms with Gasteiger partial charge in [-0.3, -0.25) is 4.98 Å². The minimum Gasteiger partial charge on any atom is -0.371 e. The summed E-state index contributed by atoms with van der Waals surface area (Å²) in [6, 6.07) is 14.4. The Bertz CT molecular complexity index is 822. The fourth-order valence-electron chi connectivity index (χ4n) is 3.32. The van der Waals surface area contributed by atoms with Crippen LogP contribution >= 0.6 is 11.8 Å². The number of ether oxygens (including phenoxy) is 1. The maximum atomic E-state index is 12.6. The second kappa shape index (κ2) is 6.72. The molecule has 0 N–H and O–H groups in total. The number of sulfonamides is 1. The molecule has 0 aliphatic carbocycles. The molecular formula is C18H20N2O3S2. The lowest BCUT2D eigenvalue weighted by molar-refractivity contribution is 0.0380. The van der Waals surface area contributed by atoms with E-state index in [4.69, 9.17) is 4.74 Å². The van der Waals surface area contributed by atoms with Crippen molar-refractivity contribution in [1.29, 1.82) is 0 Å². The van der Waals surface area contributed by atoms with Crippen LogP contribution in [-0.4, -0.2) is 47.4 Å². The van der Waals surface area contributed by atoms with Crippen LogP contribution in [0.5, 0.6) is 0 Å². The Morgan fingerprint density at radius 2 is 1.92 bits per heavy atom. The molecule has 1 spiro atoms. The van der Waals surface area contributed by atoms with Gasteiger partial charge in [0.1, 0.15) is 0 Å². The minimum atomic E-state index is -3.37. The molecule has 4 rings (SSSR count). The molecule has 2 aromatic rings. The average Bonchev–Trinajstić information content (AvgIpc) is 3.05. The molecule has 5 nitrogen and oxygen atoms in total. The molecular weight excluding hydrogens is 356 g/mol. The molecule has 0 unspecified atom stereocenters. The van der Waals surface area contributed by atoms with Gasteiger partial charge < -0.3 is 4.74 Å². The van der Waals surface area contributed by atoms with E-state index in [2.05, 4.69) is 4.98 Å². The SMILES string of the molecule is O=S(=O)(c1ccccc1)N1CC2(C[C@@H](OCc3ccccn3)CS2)C1. The molecule has 0 radical (unpaired) electrons. The van der Waals surface area contributed by atoms with E-state index < -0.39 is 10.0 Å². The topological polar surface area (TPSA) is 59.5 Å². The number of thioether (sulfide) groups is 1. The zero-order chi connectivity index (χ0) is 17.3. The molecule has 1 aromatic carbocycles. The number of aromatic nitrogens is 1. The molecule has 25 heavy (non-hydrogen) atoms. The number of rotatable bonds is 5. The van der Waals surface area contributed by atoms with Crippen LogP contribution in [0.4, 0.5) is 0 Å². The van der Waals surface area contributed by atoms with Gasteiger partial charge in [-0.2, -0.15) is 4.31 Å². The standard InChI is InChI=1S/C18H20N2O3S2/c21-25(22,17-7-2-1-3-8-17)20-13-18(14-20)10-16(12-24-18)23-11-15-6-4-5-9-19-15/h1-9,16H,10-14H2/t16-/m1/s1. The lowest BCUT2D eigenvalue weighted by Gasteiger charge is -2.46. The van der Waals surface area contributed by atoms with E-state index in [0.717, 1.165) is 17.9 Å². The highest BCUT2D eigenvalue weighted by atomic mass is 32.2. The van der Waals surface area contributed by atoms with Crippen molar-refractivity contribution in [2.45, 2.75) is 28.8 Å². The van der Waals surface area contributed by atoms with Crippen LogP contribution in [0.1, 0.15) is 12.1 Å². The molecule has 7 heteroatoms. The summed E-state index contributed by atoms with van der Waals surface area (Å²) in [4.78, 5) is 4.64. The Kier molecular flexibility index (Phi) is 4.58. The summed E-state index contributed by atoms with van der Waals surface area (Å²) >= 11 is 1.84. The molecule has 2 aliphatic heterocycles. The first kappa shape index (κ1) is 17.0. The summed E-state index contributed by atoms with van der Waals surface area (Å²) in [7, 11) is -3.37. The highest BCUT2D eigenvalue weighted by Crippen LogP contribution is 2.47. The third kappa shape index (κ3) is 3.46. The molecule has 3 heterocycles. The molecule has 0 bridgehead atoms. The Labute approximate surface area is 152 Å². The normalized spacial score (nSPS) is 22.8. The fourth-order valence-corrected chi connectivity index (χ4v) is 6.67. The van der Waals surface area contributed by atoms with Crippen LogP contribution in [-0.2, 0) is 21.4 Å². The van der Waals surface area contributed by atoms with E-state index in [1.165, 1.54) is 0 Å². The first-order valence-corrected chi connectivity index (χ1v) is 10.7. The van der Waals surface area contributed by atoms with Gasteiger partial charge in [-0.15, -0.1) is 11.8 Å². The highest BCUT2D eigenvalue weighted by molar-refractivity contribution is 8.01. The van der Waals surface area contributed by atoms with E-state index in [1.54, 1.807) is 34.8 Å². The van der Waals surface area contributed by atoms with Gasteiger partial charge in [-0.1, -0.05) is 24.3 Å². The number of pyridine rings is 1. The Morgan fingerprint density at radius 3 is 2.64 bits per heavy atom. The number of nitrogens with zero attached hydrogens (tertiary/aromatic N) is 2. The van der Waals surface area contributed by atoms with E-state index in [-0.39, 0.29) is 10.9 Å². The molecule has 1 aromatic heterocycles. The molecule has 1 atom stereocenters. The zero-order valence-electron chi connectivity index (χ0n) is 13.7. The molecule has 132 valence electrons. The van der Waals surface area contributed by atoms with Gasteiger partial charge in [0.2, 0.25) is 10.0 Å². The predicted octanol–water partition coefficient (Wildman–Crippen LogP) is 2.55. The second-order valence-electron chi connectivity index (χ2n) is 6.54. The van der Waals surface area contributed by atoms with Gasteiger partial charge in [0, 0.05) is 29.8 Å². The third-order valence-electron chi connectivity index (χ3n) is 4.68. The molecule has 2 aliphatic rings. The Balaban J connectivity index is 1.33. The monoisotopic (exact) mass is 376 g/mol. The lowest BCUT2D eigenvalue weighted by Crippen LogP contribution is -2.60. The van der Waals surface area contributed by atoms with Crippen molar-refractivity contribution in [3.8, 4) is 0 Å². The summed E-state index contributed by atoms with van der Waals surface area (Å²) in [5.74, 6) is 0.909. The van der Waals surface area contributed by atoms with E-state index in [9.17, 15) is 8.42 Å². The van der Waals surface area contributed by atoms with Crippen LogP contribution in [0.3, 0.4) is 0 Å². The van der Waals surface area contributed by atoms with Gasteiger partial charge in [-0.05, 0) is 30.7 Å². The molecule has 0 saturated carbocycles. The van der Waals surface area contributed by atoms with Crippen molar-refractivity contribution < 1.29 is 13.2 Å². The average molecular weight is 377 g/mol. The van der Waals surface area contributed by atoms with Gasteiger partial charge in [0.05, 0.1) is 23.3 Å². The minimum absolute atomic E-state index is 0.0105. The number of hydrogen-bond acceptors (Lipinski definition) is 5. The van der Waals surface area contributed by atoms with Gasteiger partial charge in [-0.25, -0.2) is 8.42 Å². The fraction of sp³-hybridized carbons (Fsp3) is 0.389. The van der Waals surface area contributed by atoms with E-state index in [1.807, 2.05) is 36.0 Å². The summed E-state index contributed by atoms with van der Waals surface area (Å²) in [6.45, 7) is 1.64. The van der Waals surface area contributed by atoms with Crippen LogP contribution in [0.15, 0.2) is 59.6 Å². The number of benzene rings is 1. The first-order valence-electron chi connectivity index (χ1n) is 8.28. The van der Waals surface area contributed by atoms with Gasteiger partial charge in [0.25, 0.3) is 0 Å². The van der Waals surface area contributed by atoms with Crippen molar-refractivity contribution in [2.75, 3.05) is 18.8 Å². The summed E-state index contributed by atoms with van der Waals surface area (Å²) < 4.78 is 32.8. The van der Waals surface area contributed by atoms with Crippen LogP contribution in [0, 0.1) is 0 Å². The number of hydrogen-bond donors (Lipinski definition) is 0. The quantitative estimate of drug-likeness (QED) is 0.803. The predicted molar refractivity (Wildman–Crippen MR) is 97.8 cm³/mol. The van der Waals surface area contributed by atoms with Crippen molar-refractivity contribution in [3.05, 3.63) is 60.4 Å². The van der Waals surface area contributed by atoms with E-state index >= 15 is 0 Å². The van der Waals surface area contributed by atoms with Crippen molar-refractivity contribution in [3.63, 3.8) is 0 Å². The maximum Gasteiger partial charge on any atom is 0.243 e. The van der Waals surface area contributed by atoms with Gasteiger partial charge in [0.15, 0.2) is 0 Å². The van der Waals surface area contributed by atoms with E-state index in [0.29, 0.717) is 24.6 Å². The van der Waals surface area contributed by atoms with Crippen molar-refractivity contribution >= 4 is 21.8 Å². The second-order valence-corrected chi connectivity index (χ2v) is 9.96. The smallest absolute Gasteiger partial charge is 0.243 e. The third-order valence-corrected chi connectivity index (χ3v) is 8.06. The van der Waals surface area contributed by atoms with Crippen molar-refractivity contribution in [2.24, 2.45) is 0 Å². The summed E-state index contributed by atoms with van der Waals surface area (Å²) in [5, 5.41) is 0. The molecule has 2 fully saturated rings. The Morgan fingerprint density at radius 1 is 1.16 bits per heavy atom. The summed E-state index contributed by atoms with van der Waals surface area (Å²) in [5.41, 5.74) is 0.926. The van der Waals surface area contributed by atoms with Crippen LogP contribution in [0.2, 0.25) is 0 Å². The summed E-state index contributed by atoms with van der Waals surface area (Å²) in [6.07, 6.45) is 2.82. The highest BCUT2D eigenvalue weighted by Gasteiger charge is 2.53. The Hall–Kier alpha value is -1.41. The zero-order valence-corrected chi connectivity index (χ0v) is 15.4.